The average Bonchev–Trinajstić information content (AvgIpc) is 2.41. The SMILES string of the molecule is CCOc1cc(CNC(CO)C(C)C)ccc1OC(F)F. The van der Waals surface area contributed by atoms with Crippen LogP contribution in [0.4, 0.5) is 8.78 Å². The van der Waals surface area contributed by atoms with Gasteiger partial charge in [0.25, 0.3) is 0 Å². The molecular weight excluding hydrogens is 280 g/mol. The molecule has 2 N–H and O–H groups in total. The molecule has 1 atom stereocenters. The molecule has 0 bridgehead atoms. The lowest BCUT2D eigenvalue weighted by Crippen LogP contribution is -2.36. The highest BCUT2D eigenvalue weighted by molar-refractivity contribution is 5.43. The van der Waals surface area contributed by atoms with Gasteiger partial charge in [0.1, 0.15) is 0 Å². The summed E-state index contributed by atoms with van der Waals surface area (Å²) >= 11 is 0. The van der Waals surface area contributed by atoms with Crippen molar-refractivity contribution in [2.75, 3.05) is 13.2 Å². The normalized spacial score (nSPS) is 12.8. The van der Waals surface area contributed by atoms with Crippen molar-refractivity contribution in [3.8, 4) is 11.5 Å². The summed E-state index contributed by atoms with van der Waals surface area (Å²) in [6.45, 7) is 3.84. The van der Waals surface area contributed by atoms with Gasteiger partial charge < -0.3 is 19.9 Å². The first-order valence-electron chi connectivity index (χ1n) is 7.02. The molecule has 21 heavy (non-hydrogen) atoms. The maximum absolute atomic E-state index is 12.3. The van der Waals surface area contributed by atoms with Crippen LogP contribution in [-0.2, 0) is 6.54 Å². The van der Waals surface area contributed by atoms with Crippen molar-refractivity contribution >= 4 is 0 Å². The quantitative estimate of drug-likeness (QED) is 0.736. The molecule has 120 valence electrons. The second-order valence-corrected chi connectivity index (χ2v) is 5.01. The monoisotopic (exact) mass is 303 g/mol. The van der Waals surface area contributed by atoms with Gasteiger partial charge in [0.15, 0.2) is 11.5 Å². The fourth-order valence-corrected chi connectivity index (χ4v) is 1.88. The van der Waals surface area contributed by atoms with E-state index in [-0.39, 0.29) is 18.4 Å². The molecule has 0 amide bonds. The molecule has 1 aromatic carbocycles. The molecule has 0 saturated carbocycles. The van der Waals surface area contributed by atoms with Crippen LogP contribution >= 0.6 is 0 Å². The number of nitrogens with one attached hydrogen (secondary N) is 1. The predicted molar refractivity (Wildman–Crippen MR) is 76.8 cm³/mol. The number of rotatable bonds is 9. The number of halogens is 2. The third kappa shape index (κ3) is 5.85. The van der Waals surface area contributed by atoms with Gasteiger partial charge in [-0.2, -0.15) is 8.78 Å². The first-order valence-corrected chi connectivity index (χ1v) is 7.02. The number of alkyl halides is 2. The van der Waals surface area contributed by atoms with E-state index >= 15 is 0 Å². The molecule has 6 heteroatoms. The third-order valence-corrected chi connectivity index (χ3v) is 3.09. The minimum Gasteiger partial charge on any atom is -0.490 e. The summed E-state index contributed by atoms with van der Waals surface area (Å²) in [6.07, 6.45) is 0. The van der Waals surface area contributed by atoms with E-state index in [1.807, 2.05) is 13.8 Å². The first-order chi connectivity index (χ1) is 9.97. The Morgan fingerprint density at radius 1 is 1.24 bits per heavy atom. The van der Waals surface area contributed by atoms with Gasteiger partial charge in [0, 0.05) is 12.6 Å². The number of aliphatic hydroxyl groups is 1. The Kier molecular flexibility index (Phi) is 7.39. The number of hydrogen-bond acceptors (Lipinski definition) is 4. The van der Waals surface area contributed by atoms with Gasteiger partial charge >= 0.3 is 6.61 Å². The van der Waals surface area contributed by atoms with Crippen molar-refractivity contribution in [3.05, 3.63) is 23.8 Å². The molecule has 0 spiro atoms. The standard InChI is InChI=1S/C15H23F2NO3/c1-4-20-14-7-11(5-6-13(14)21-15(16)17)8-18-12(9-19)10(2)3/h5-7,10,12,15,18-19H,4,8-9H2,1-3H3. The van der Waals surface area contributed by atoms with Crippen LogP contribution in [0.3, 0.4) is 0 Å². The third-order valence-electron chi connectivity index (χ3n) is 3.09. The topological polar surface area (TPSA) is 50.7 Å². The molecule has 0 aliphatic rings. The molecular formula is C15H23F2NO3. The Hall–Kier alpha value is -1.40. The summed E-state index contributed by atoms with van der Waals surface area (Å²) in [4.78, 5) is 0. The van der Waals surface area contributed by atoms with Crippen LogP contribution in [0.5, 0.6) is 11.5 Å². The maximum Gasteiger partial charge on any atom is 0.387 e. The number of ether oxygens (including phenoxy) is 2. The van der Waals surface area contributed by atoms with Gasteiger partial charge in [0.2, 0.25) is 0 Å². The van der Waals surface area contributed by atoms with Crippen molar-refractivity contribution in [1.29, 1.82) is 0 Å². The van der Waals surface area contributed by atoms with Crippen molar-refractivity contribution in [2.45, 2.75) is 40.0 Å². The average molecular weight is 303 g/mol. The molecule has 0 aliphatic carbocycles. The van der Waals surface area contributed by atoms with Crippen molar-refractivity contribution in [2.24, 2.45) is 5.92 Å². The number of aliphatic hydroxyl groups excluding tert-OH is 1. The summed E-state index contributed by atoms with van der Waals surface area (Å²) in [5, 5.41) is 12.5. The molecule has 0 heterocycles. The van der Waals surface area contributed by atoms with Crippen LogP contribution < -0.4 is 14.8 Å². The van der Waals surface area contributed by atoms with Crippen LogP contribution in [0, 0.1) is 5.92 Å². The van der Waals surface area contributed by atoms with Crippen LogP contribution in [0.15, 0.2) is 18.2 Å². The van der Waals surface area contributed by atoms with Gasteiger partial charge in [-0.25, -0.2) is 0 Å². The summed E-state index contributed by atoms with van der Waals surface area (Å²) in [6, 6.07) is 4.82. The summed E-state index contributed by atoms with van der Waals surface area (Å²) in [7, 11) is 0. The van der Waals surface area contributed by atoms with Gasteiger partial charge in [-0.05, 0) is 30.5 Å². The van der Waals surface area contributed by atoms with Crippen LogP contribution in [0.2, 0.25) is 0 Å². The largest absolute Gasteiger partial charge is 0.490 e. The second kappa shape index (κ2) is 8.79. The van der Waals surface area contributed by atoms with E-state index < -0.39 is 6.61 Å². The Bertz CT molecular complexity index is 427. The van der Waals surface area contributed by atoms with E-state index in [2.05, 4.69) is 10.1 Å². The minimum atomic E-state index is -2.88. The highest BCUT2D eigenvalue weighted by atomic mass is 19.3. The lowest BCUT2D eigenvalue weighted by molar-refractivity contribution is -0.0514. The molecule has 0 aliphatic heterocycles. The molecule has 0 radical (unpaired) electrons. The Morgan fingerprint density at radius 3 is 2.48 bits per heavy atom. The first kappa shape index (κ1) is 17.7. The summed E-state index contributed by atoms with van der Waals surface area (Å²) in [5.74, 6) is 0.614. The molecule has 1 unspecified atom stereocenters. The van der Waals surface area contributed by atoms with E-state index in [0.717, 1.165) is 5.56 Å². The number of benzene rings is 1. The van der Waals surface area contributed by atoms with Crippen LogP contribution in [0.25, 0.3) is 0 Å². The van der Waals surface area contributed by atoms with E-state index in [1.165, 1.54) is 6.07 Å². The Balaban J connectivity index is 2.77. The summed E-state index contributed by atoms with van der Waals surface area (Å²) < 4.78 is 34.4. The molecule has 1 aromatic rings. The molecule has 0 saturated heterocycles. The van der Waals surface area contributed by atoms with E-state index in [4.69, 9.17) is 4.74 Å². The predicted octanol–water partition coefficient (Wildman–Crippen LogP) is 2.79. The van der Waals surface area contributed by atoms with Crippen molar-refractivity contribution < 1.29 is 23.4 Å². The maximum atomic E-state index is 12.3. The fraction of sp³-hybridized carbons (Fsp3) is 0.600. The van der Waals surface area contributed by atoms with Gasteiger partial charge in [-0.3, -0.25) is 0 Å². The lowest BCUT2D eigenvalue weighted by atomic mass is 10.0. The van der Waals surface area contributed by atoms with Gasteiger partial charge in [-0.1, -0.05) is 19.9 Å². The molecule has 1 rings (SSSR count). The Labute approximate surface area is 124 Å². The number of hydrogen-bond donors (Lipinski definition) is 2. The van der Waals surface area contributed by atoms with E-state index in [1.54, 1.807) is 19.1 Å². The molecule has 0 fully saturated rings. The van der Waals surface area contributed by atoms with Crippen LogP contribution in [-0.4, -0.2) is 31.0 Å². The van der Waals surface area contributed by atoms with E-state index in [0.29, 0.717) is 24.8 Å². The van der Waals surface area contributed by atoms with Gasteiger partial charge in [0.05, 0.1) is 13.2 Å². The van der Waals surface area contributed by atoms with Gasteiger partial charge in [-0.15, -0.1) is 0 Å². The zero-order chi connectivity index (χ0) is 15.8. The zero-order valence-corrected chi connectivity index (χ0v) is 12.6. The minimum absolute atomic E-state index is 0.0162. The van der Waals surface area contributed by atoms with Crippen LogP contribution in [0.1, 0.15) is 26.3 Å². The Morgan fingerprint density at radius 2 is 1.95 bits per heavy atom. The molecule has 4 nitrogen and oxygen atoms in total. The van der Waals surface area contributed by atoms with Crippen molar-refractivity contribution in [1.82, 2.24) is 5.32 Å². The second-order valence-electron chi connectivity index (χ2n) is 5.01. The highest BCUT2D eigenvalue weighted by Gasteiger charge is 2.14. The summed E-state index contributed by atoms with van der Waals surface area (Å²) in [5.41, 5.74) is 0.874. The fourth-order valence-electron chi connectivity index (χ4n) is 1.88. The highest BCUT2D eigenvalue weighted by Crippen LogP contribution is 2.29. The smallest absolute Gasteiger partial charge is 0.387 e. The molecule has 0 aromatic heterocycles. The lowest BCUT2D eigenvalue weighted by Gasteiger charge is -2.20. The van der Waals surface area contributed by atoms with Crippen molar-refractivity contribution in [3.63, 3.8) is 0 Å². The zero-order valence-electron chi connectivity index (χ0n) is 12.6. The van der Waals surface area contributed by atoms with E-state index in [9.17, 15) is 13.9 Å².